The van der Waals surface area contributed by atoms with Crippen LogP contribution in [0.25, 0.3) is 0 Å². The smallest absolute Gasteiger partial charge is 0.288 e. The number of carbonyl (C=O) groups is 3. The van der Waals surface area contributed by atoms with Crippen LogP contribution in [0.5, 0.6) is 0 Å². The Morgan fingerprint density at radius 3 is 2.88 bits per heavy atom. The van der Waals surface area contributed by atoms with E-state index < -0.39 is 0 Å². The van der Waals surface area contributed by atoms with Crippen LogP contribution in [0.15, 0.2) is 24.3 Å². The van der Waals surface area contributed by atoms with Crippen molar-refractivity contribution in [3.05, 3.63) is 29.8 Å². The van der Waals surface area contributed by atoms with Gasteiger partial charge in [0.15, 0.2) is 0 Å². The average Bonchev–Trinajstić information content (AvgIpc) is 2.92. The second-order valence-corrected chi connectivity index (χ2v) is 6.92. The number of rotatable bonds is 5. The zero-order chi connectivity index (χ0) is 17.1. The zero-order valence-corrected chi connectivity index (χ0v) is 14.5. The summed E-state index contributed by atoms with van der Waals surface area (Å²) in [5, 5.41) is 2.61. The lowest BCUT2D eigenvalue weighted by Crippen LogP contribution is -2.48. The van der Waals surface area contributed by atoms with Crippen LogP contribution in [0.1, 0.15) is 18.9 Å². The molecule has 3 amide bonds. The molecule has 1 aromatic carbocycles. The maximum atomic E-state index is 12.4. The SMILES string of the molecule is C[C@@H](C(=O)NCCN1C(=O)CSC1=O)N1CCCc2ccccc21. The fourth-order valence-corrected chi connectivity index (χ4v) is 3.89. The van der Waals surface area contributed by atoms with Crippen molar-refractivity contribution >= 4 is 34.5 Å². The summed E-state index contributed by atoms with van der Waals surface area (Å²) in [5.74, 6) is -0.0657. The van der Waals surface area contributed by atoms with Crippen molar-refractivity contribution in [3.63, 3.8) is 0 Å². The first-order valence-electron chi connectivity index (χ1n) is 8.17. The van der Waals surface area contributed by atoms with Gasteiger partial charge in [0.25, 0.3) is 5.24 Å². The van der Waals surface area contributed by atoms with E-state index >= 15 is 0 Å². The fraction of sp³-hybridized carbons (Fsp3) is 0.471. The number of imide groups is 1. The monoisotopic (exact) mass is 347 g/mol. The largest absolute Gasteiger partial charge is 0.360 e. The second-order valence-electron chi connectivity index (χ2n) is 5.99. The van der Waals surface area contributed by atoms with Crippen molar-refractivity contribution in [3.8, 4) is 0 Å². The van der Waals surface area contributed by atoms with Crippen LogP contribution in [-0.4, -0.2) is 53.4 Å². The predicted octanol–water partition coefficient (Wildman–Crippen LogP) is 1.64. The van der Waals surface area contributed by atoms with E-state index in [2.05, 4.69) is 22.3 Å². The lowest BCUT2D eigenvalue weighted by molar-refractivity contribution is -0.126. The number of para-hydroxylation sites is 1. The van der Waals surface area contributed by atoms with Crippen molar-refractivity contribution in [2.75, 3.05) is 30.3 Å². The number of hydrogen-bond acceptors (Lipinski definition) is 5. The van der Waals surface area contributed by atoms with Crippen LogP contribution in [-0.2, 0) is 16.0 Å². The molecule has 0 radical (unpaired) electrons. The Kier molecular flexibility index (Phi) is 5.08. The van der Waals surface area contributed by atoms with E-state index in [1.54, 1.807) is 0 Å². The molecule has 1 saturated heterocycles. The maximum absolute atomic E-state index is 12.4. The van der Waals surface area contributed by atoms with Gasteiger partial charge in [-0.3, -0.25) is 19.3 Å². The summed E-state index contributed by atoms with van der Waals surface area (Å²) in [6, 6.07) is 7.88. The first-order chi connectivity index (χ1) is 11.6. The molecule has 1 N–H and O–H groups in total. The minimum Gasteiger partial charge on any atom is -0.360 e. The van der Waals surface area contributed by atoms with Crippen LogP contribution < -0.4 is 10.2 Å². The highest BCUT2D eigenvalue weighted by Crippen LogP contribution is 2.28. The first kappa shape index (κ1) is 16.8. The number of benzene rings is 1. The molecular weight excluding hydrogens is 326 g/mol. The minimum atomic E-state index is -0.286. The van der Waals surface area contributed by atoms with Gasteiger partial charge in [0, 0.05) is 25.3 Å². The van der Waals surface area contributed by atoms with Crippen molar-refractivity contribution < 1.29 is 14.4 Å². The van der Waals surface area contributed by atoms with Gasteiger partial charge in [0.1, 0.15) is 6.04 Å². The van der Waals surface area contributed by atoms with Crippen LogP contribution >= 0.6 is 11.8 Å². The molecule has 0 unspecified atom stereocenters. The normalized spacial score (nSPS) is 18.5. The van der Waals surface area contributed by atoms with Crippen molar-refractivity contribution in [1.29, 1.82) is 0 Å². The van der Waals surface area contributed by atoms with Crippen LogP contribution in [0.2, 0.25) is 0 Å². The van der Waals surface area contributed by atoms with Gasteiger partial charge < -0.3 is 10.2 Å². The molecule has 1 aromatic rings. The molecule has 1 atom stereocenters. The molecule has 0 spiro atoms. The molecule has 6 nitrogen and oxygen atoms in total. The van der Waals surface area contributed by atoms with E-state index in [0.29, 0.717) is 0 Å². The number of nitrogens with zero attached hydrogens (tertiary/aromatic N) is 2. The molecule has 2 heterocycles. The van der Waals surface area contributed by atoms with Gasteiger partial charge in [-0.05, 0) is 31.4 Å². The fourth-order valence-electron chi connectivity index (χ4n) is 3.14. The van der Waals surface area contributed by atoms with Gasteiger partial charge in [0.2, 0.25) is 11.8 Å². The number of nitrogens with one attached hydrogen (secondary N) is 1. The highest BCUT2D eigenvalue weighted by Gasteiger charge is 2.30. The van der Waals surface area contributed by atoms with Crippen LogP contribution in [0.3, 0.4) is 0 Å². The summed E-state index contributed by atoms with van der Waals surface area (Å²) in [7, 11) is 0. The van der Waals surface area contributed by atoms with Crippen LogP contribution in [0, 0.1) is 0 Å². The van der Waals surface area contributed by atoms with E-state index in [1.165, 1.54) is 10.5 Å². The third-order valence-electron chi connectivity index (χ3n) is 4.47. The van der Waals surface area contributed by atoms with Gasteiger partial charge in [-0.15, -0.1) is 0 Å². The zero-order valence-electron chi connectivity index (χ0n) is 13.7. The third-order valence-corrected chi connectivity index (χ3v) is 5.33. The predicted molar refractivity (Wildman–Crippen MR) is 94.1 cm³/mol. The number of amides is 3. The number of thioether (sulfide) groups is 1. The van der Waals surface area contributed by atoms with Gasteiger partial charge in [0.05, 0.1) is 5.75 Å². The second kappa shape index (κ2) is 7.25. The number of hydrogen-bond donors (Lipinski definition) is 1. The molecule has 2 aliphatic rings. The van der Waals surface area contributed by atoms with Gasteiger partial charge >= 0.3 is 0 Å². The Hall–Kier alpha value is -2.02. The van der Waals surface area contributed by atoms with Crippen molar-refractivity contribution in [2.45, 2.75) is 25.8 Å². The summed E-state index contributed by atoms with van der Waals surface area (Å²) in [6.45, 7) is 3.27. The number of aryl methyl sites for hydroxylation is 1. The molecule has 0 aliphatic carbocycles. The highest BCUT2D eigenvalue weighted by molar-refractivity contribution is 8.14. The summed E-state index contributed by atoms with van der Waals surface area (Å²) in [6.07, 6.45) is 2.07. The standard InChI is InChI=1S/C17H21N3O3S/c1-12(19-9-4-6-13-5-2-3-7-14(13)19)16(22)18-8-10-20-15(21)11-24-17(20)23/h2-3,5,7,12H,4,6,8-11H2,1H3,(H,18,22)/t12-/m0/s1. The lowest BCUT2D eigenvalue weighted by Gasteiger charge is -2.35. The molecular formula is C17H21N3O3S. The molecule has 7 heteroatoms. The van der Waals surface area contributed by atoms with Gasteiger partial charge in [-0.25, -0.2) is 0 Å². The Morgan fingerprint density at radius 2 is 2.12 bits per heavy atom. The van der Waals surface area contributed by atoms with Crippen LogP contribution in [0.4, 0.5) is 10.5 Å². The molecule has 128 valence electrons. The van der Waals surface area contributed by atoms with E-state index in [-0.39, 0.29) is 41.9 Å². The van der Waals surface area contributed by atoms with Gasteiger partial charge in [-0.2, -0.15) is 0 Å². The number of anilines is 1. The van der Waals surface area contributed by atoms with E-state index in [9.17, 15) is 14.4 Å². The average molecular weight is 347 g/mol. The topological polar surface area (TPSA) is 69.7 Å². The number of carbonyl (C=O) groups excluding carboxylic acids is 3. The molecule has 0 bridgehead atoms. The lowest BCUT2D eigenvalue weighted by atomic mass is 10.00. The molecule has 1 fully saturated rings. The van der Waals surface area contributed by atoms with E-state index in [4.69, 9.17) is 0 Å². The Balaban J connectivity index is 1.56. The van der Waals surface area contributed by atoms with Gasteiger partial charge in [-0.1, -0.05) is 30.0 Å². The Bertz CT molecular complexity index is 648. The quantitative estimate of drug-likeness (QED) is 0.877. The highest BCUT2D eigenvalue weighted by atomic mass is 32.2. The Morgan fingerprint density at radius 1 is 1.33 bits per heavy atom. The first-order valence-corrected chi connectivity index (χ1v) is 9.16. The minimum absolute atomic E-state index is 0.0848. The van der Waals surface area contributed by atoms with Crippen molar-refractivity contribution in [2.24, 2.45) is 0 Å². The number of fused-ring (bicyclic) bond motifs is 1. The summed E-state index contributed by atoms with van der Waals surface area (Å²) < 4.78 is 0. The summed E-state index contributed by atoms with van der Waals surface area (Å²) in [5.41, 5.74) is 2.39. The molecule has 24 heavy (non-hydrogen) atoms. The van der Waals surface area contributed by atoms with Crippen molar-refractivity contribution in [1.82, 2.24) is 10.2 Å². The third kappa shape index (κ3) is 3.40. The van der Waals surface area contributed by atoms with E-state index in [0.717, 1.165) is 36.8 Å². The summed E-state index contributed by atoms with van der Waals surface area (Å²) >= 11 is 1.01. The maximum Gasteiger partial charge on any atom is 0.288 e. The molecule has 0 aromatic heterocycles. The summed E-state index contributed by atoms with van der Waals surface area (Å²) in [4.78, 5) is 38.8. The van der Waals surface area contributed by atoms with E-state index in [1.807, 2.05) is 19.1 Å². The molecule has 0 saturated carbocycles. The molecule has 3 rings (SSSR count). The molecule has 2 aliphatic heterocycles. The Labute approximate surface area is 145 Å².